The highest BCUT2D eigenvalue weighted by Gasteiger charge is 2.22. The van der Waals surface area contributed by atoms with E-state index < -0.39 is 0 Å². The summed E-state index contributed by atoms with van der Waals surface area (Å²) in [4.78, 5) is 0.538. The zero-order valence-corrected chi connectivity index (χ0v) is 11.1. The first-order valence-electron chi connectivity index (χ1n) is 5.10. The van der Waals surface area contributed by atoms with Crippen LogP contribution in [0, 0.1) is 12.3 Å². The van der Waals surface area contributed by atoms with Crippen LogP contribution in [-0.4, -0.2) is 4.83 Å². The molecule has 1 heteroatoms. The van der Waals surface area contributed by atoms with Gasteiger partial charge >= 0.3 is 0 Å². The second kappa shape index (κ2) is 4.48. The van der Waals surface area contributed by atoms with Crippen molar-refractivity contribution in [3.8, 4) is 0 Å². The Morgan fingerprint density at radius 3 is 2.29 bits per heavy atom. The third kappa shape index (κ3) is 3.13. The summed E-state index contributed by atoms with van der Waals surface area (Å²) in [6.45, 7) is 8.98. The summed E-state index contributed by atoms with van der Waals surface area (Å²) in [5.74, 6) is 0. The van der Waals surface area contributed by atoms with E-state index in [1.54, 1.807) is 0 Å². The van der Waals surface area contributed by atoms with Gasteiger partial charge in [0.2, 0.25) is 0 Å². The lowest BCUT2D eigenvalue weighted by Gasteiger charge is -2.26. The molecule has 78 valence electrons. The van der Waals surface area contributed by atoms with E-state index in [0.29, 0.717) is 10.2 Å². The minimum atomic E-state index is 0.322. The van der Waals surface area contributed by atoms with Crippen molar-refractivity contribution in [1.29, 1.82) is 0 Å². The lowest BCUT2D eigenvalue weighted by Crippen LogP contribution is -2.22. The lowest BCUT2D eigenvalue weighted by atomic mass is 9.87. The van der Waals surface area contributed by atoms with E-state index >= 15 is 0 Å². The Hall–Kier alpha value is -0.300. The van der Waals surface area contributed by atoms with Crippen LogP contribution in [0.1, 0.15) is 31.9 Å². The Bertz CT molecular complexity index is 296. The van der Waals surface area contributed by atoms with E-state index in [4.69, 9.17) is 0 Å². The van der Waals surface area contributed by atoms with E-state index in [0.717, 1.165) is 6.42 Å². The Kier molecular flexibility index (Phi) is 3.77. The van der Waals surface area contributed by atoms with Crippen LogP contribution in [0.4, 0.5) is 0 Å². The van der Waals surface area contributed by atoms with Crippen molar-refractivity contribution in [3.63, 3.8) is 0 Å². The van der Waals surface area contributed by atoms with Gasteiger partial charge in [0.05, 0.1) is 0 Å². The average Bonchev–Trinajstić information content (AvgIpc) is 2.07. The van der Waals surface area contributed by atoms with Gasteiger partial charge in [0.1, 0.15) is 0 Å². The molecular formula is C13H19Br. The van der Waals surface area contributed by atoms with Crippen LogP contribution in [0.2, 0.25) is 0 Å². The standard InChI is InChI=1S/C13H19Br/c1-10-7-5-6-8-11(10)9-12(14)13(2,3)4/h5-8,12H,9H2,1-4H3. The van der Waals surface area contributed by atoms with Crippen LogP contribution < -0.4 is 0 Å². The maximum atomic E-state index is 3.77. The highest BCUT2D eigenvalue weighted by molar-refractivity contribution is 9.09. The molecule has 1 rings (SSSR count). The predicted octanol–water partition coefficient (Wildman–Crippen LogP) is 4.35. The Balaban J connectivity index is 2.75. The van der Waals surface area contributed by atoms with Gasteiger partial charge in [-0.2, -0.15) is 0 Å². The van der Waals surface area contributed by atoms with Gasteiger partial charge in [-0.3, -0.25) is 0 Å². The second-order valence-electron chi connectivity index (χ2n) is 4.96. The zero-order chi connectivity index (χ0) is 10.8. The van der Waals surface area contributed by atoms with E-state index in [1.807, 2.05) is 0 Å². The largest absolute Gasteiger partial charge is 0.0881 e. The zero-order valence-electron chi connectivity index (χ0n) is 9.47. The quantitative estimate of drug-likeness (QED) is 0.689. The van der Waals surface area contributed by atoms with Crippen molar-refractivity contribution in [2.75, 3.05) is 0 Å². The molecule has 0 radical (unpaired) electrons. The minimum Gasteiger partial charge on any atom is -0.0881 e. The van der Waals surface area contributed by atoms with E-state index in [9.17, 15) is 0 Å². The topological polar surface area (TPSA) is 0 Å². The summed E-state index contributed by atoms with van der Waals surface area (Å²) in [5, 5.41) is 0. The molecule has 0 N–H and O–H groups in total. The summed E-state index contributed by atoms with van der Waals surface area (Å²) in [6, 6.07) is 8.61. The second-order valence-corrected chi connectivity index (χ2v) is 6.07. The van der Waals surface area contributed by atoms with E-state index in [-0.39, 0.29) is 0 Å². The molecule has 0 aliphatic rings. The number of benzene rings is 1. The van der Waals surface area contributed by atoms with Crippen LogP contribution in [-0.2, 0) is 6.42 Å². The molecule has 0 aromatic heterocycles. The number of rotatable bonds is 2. The van der Waals surface area contributed by atoms with Gasteiger partial charge in [-0.05, 0) is 29.9 Å². The summed E-state index contributed by atoms with van der Waals surface area (Å²) < 4.78 is 0. The molecule has 1 atom stereocenters. The molecule has 0 aliphatic carbocycles. The monoisotopic (exact) mass is 254 g/mol. The molecule has 1 aromatic rings. The van der Waals surface area contributed by atoms with E-state index in [1.165, 1.54) is 11.1 Å². The normalized spacial score (nSPS) is 14.1. The van der Waals surface area contributed by atoms with Gasteiger partial charge < -0.3 is 0 Å². The Morgan fingerprint density at radius 2 is 1.79 bits per heavy atom. The summed E-state index contributed by atoms with van der Waals surface area (Å²) in [6.07, 6.45) is 1.11. The van der Waals surface area contributed by atoms with Crippen molar-refractivity contribution >= 4 is 15.9 Å². The van der Waals surface area contributed by atoms with Crippen molar-refractivity contribution in [3.05, 3.63) is 35.4 Å². The predicted molar refractivity (Wildman–Crippen MR) is 67.1 cm³/mol. The fraction of sp³-hybridized carbons (Fsp3) is 0.538. The van der Waals surface area contributed by atoms with Gasteiger partial charge in [-0.15, -0.1) is 0 Å². The van der Waals surface area contributed by atoms with Gasteiger partial charge in [0, 0.05) is 4.83 Å². The summed E-state index contributed by atoms with van der Waals surface area (Å²) >= 11 is 3.77. The van der Waals surface area contributed by atoms with Gasteiger partial charge in [0.15, 0.2) is 0 Å². The highest BCUT2D eigenvalue weighted by atomic mass is 79.9. The van der Waals surface area contributed by atoms with Crippen molar-refractivity contribution in [1.82, 2.24) is 0 Å². The molecule has 14 heavy (non-hydrogen) atoms. The number of aryl methyl sites for hydroxylation is 1. The first-order valence-corrected chi connectivity index (χ1v) is 6.01. The molecule has 0 saturated heterocycles. The fourth-order valence-electron chi connectivity index (χ4n) is 1.34. The number of hydrogen-bond acceptors (Lipinski definition) is 0. The third-order valence-electron chi connectivity index (χ3n) is 2.60. The van der Waals surface area contributed by atoms with Gasteiger partial charge in [-0.25, -0.2) is 0 Å². The van der Waals surface area contributed by atoms with Gasteiger partial charge in [-0.1, -0.05) is 61.0 Å². The maximum Gasteiger partial charge on any atom is 0.0234 e. The highest BCUT2D eigenvalue weighted by Crippen LogP contribution is 2.29. The molecule has 0 fully saturated rings. The molecular weight excluding hydrogens is 236 g/mol. The molecule has 0 aliphatic heterocycles. The van der Waals surface area contributed by atoms with Gasteiger partial charge in [0.25, 0.3) is 0 Å². The summed E-state index contributed by atoms with van der Waals surface area (Å²) in [5.41, 5.74) is 3.16. The SMILES string of the molecule is Cc1ccccc1CC(Br)C(C)(C)C. The smallest absolute Gasteiger partial charge is 0.0234 e. The summed E-state index contributed by atoms with van der Waals surface area (Å²) in [7, 11) is 0. The average molecular weight is 255 g/mol. The number of hydrogen-bond donors (Lipinski definition) is 0. The van der Waals surface area contributed by atoms with Crippen molar-refractivity contribution < 1.29 is 0 Å². The molecule has 1 aromatic carbocycles. The molecule has 0 spiro atoms. The first-order chi connectivity index (χ1) is 6.41. The molecule has 0 heterocycles. The molecule has 0 amide bonds. The number of alkyl halides is 1. The van der Waals surface area contributed by atoms with Crippen LogP contribution in [0.25, 0.3) is 0 Å². The van der Waals surface area contributed by atoms with Crippen LogP contribution >= 0.6 is 15.9 Å². The van der Waals surface area contributed by atoms with Crippen LogP contribution in [0.3, 0.4) is 0 Å². The molecule has 0 nitrogen and oxygen atoms in total. The lowest BCUT2D eigenvalue weighted by molar-refractivity contribution is 0.397. The Labute approximate surface area is 95.9 Å². The third-order valence-corrected chi connectivity index (χ3v) is 4.30. The van der Waals surface area contributed by atoms with Crippen molar-refractivity contribution in [2.24, 2.45) is 5.41 Å². The van der Waals surface area contributed by atoms with Crippen LogP contribution in [0.15, 0.2) is 24.3 Å². The maximum absolute atomic E-state index is 3.77. The van der Waals surface area contributed by atoms with Crippen LogP contribution in [0.5, 0.6) is 0 Å². The first kappa shape index (κ1) is 11.8. The minimum absolute atomic E-state index is 0.322. The molecule has 1 unspecified atom stereocenters. The number of halogens is 1. The molecule has 0 saturated carbocycles. The van der Waals surface area contributed by atoms with E-state index in [2.05, 4.69) is 67.9 Å². The Morgan fingerprint density at radius 1 is 1.21 bits per heavy atom. The molecule has 0 bridgehead atoms. The van der Waals surface area contributed by atoms with Crippen molar-refractivity contribution in [2.45, 2.75) is 38.9 Å². The fourth-order valence-corrected chi connectivity index (χ4v) is 1.69.